The minimum atomic E-state index is -0.431. The zero-order valence-corrected chi connectivity index (χ0v) is 9.18. The lowest BCUT2D eigenvalue weighted by Crippen LogP contribution is -2.29. The van der Waals surface area contributed by atoms with Crippen LogP contribution in [0.4, 0.5) is 11.4 Å². The van der Waals surface area contributed by atoms with Crippen LogP contribution >= 0.6 is 0 Å². The van der Waals surface area contributed by atoms with Crippen molar-refractivity contribution >= 4 is 17.3 Å². The molecule has 0 saturated heterocycles. The first-order valence-electron chi connectivity index (χ1n) is 5.31. The van der Waals surface area contributed by atoms with Gasteiger partial charge in [0.1, 0.15) is 0 Å². The maximum Gasteiger partial charge on any atom is 0.269 e. The summed E-state index contributed by atoms with van der Waals surface area (Å²) in [5, 5.41) is 13.4. The fourth-order valence-corrected chi connectivity index (χ4v) is 1.97. The Balaban J connectivity index is 2.33. The van der Waals surface area contributed by atoms with Gasteiger partial charge in [0.05, 0.1) is 4.92 Å². The number of amides is 1. The number of carbonyl (C=O) groups is 1. The Labute approximate surface area is 98.3 Å². The summed E-state index contributed by atoms with van der Waals surface area (Å²) in [5.74, 6) is -0.228. The van der Waals surface area contributed by atoms with E-state index in [4.69, 9.17) is 0 Å². The van der Waals surface area contributed by atoms with Gasteiger partial charge >= 0.3 is 0 Å². The SMILES string of the molecule is C=CCC1Cc2cc([N+](=O)[O-])ccc2NC1=O. The van der Waals surface area contributed by atoms with Crippen LogP contribution in [0.15, 0.2) is 30.9 Å². The zero-order chi connectivity index (χ0) is 12.4. The Bertz CT molecular complexity index is 497. The molecule has 0 aliphatic carbocycles. The number of benzene rings is 1. The molecule has 0 spiro atoms. The van der Waals surface area contributed by atoms with Gasteiger partial charge in [0.25, 0.3) is 5.69 Å². The molecule has 5 nitrogen and oxygen atoms in total. The predicted molar refractivity (Wildman–Crippen MR) is 63.7 cm³/mol. The maximum atomic E-state index is 11.7. The van der Waals surface area contributed by atoms with Crippen molar-refractivity contribution in [3.05, 3.63) is 46.5 Å². The number of allylic oxidation sites excluding steroid dienone is 1. The topological polar surface area (TPSA) is 72.2 Å². The van der Waals surface area contributed by atoms with E-state index in [1.807, 2.05) is 0 Å². The summed E-state index contributed by atoms with van der Waals surface area (Å²) >= 11 is 0. The first kappa shape index (κ1) is 11.3. The lowest BCUT2D eigenvalue weighted by atomic mass is 9.90. The van der Waals surface area contributed by atoms with Gasteiger partial charge in [-0.05, 0) is 24.5 Å². The third kappa shape index (κ3) is 2.18. The third-order valence-electron chi connectivity index (χ3n) is 2.85. The average Bonchev–Trinajstić information content (AvgIpc) is 2.29. The lowest BCUT2D eigenvalue weighted by Gasteiger charge is -2.23. The Morgan fingerprint density at radius 1 is 1.59 bits per heavy atom. The number of rotatable bonds is 3. The van der Waals surface area contributed by atoms with Gasteiger partial charge in [-0.1, -0.05) is 6.08 Å². The van der Waals surface area contributed by atoms with Crippen molar-refractivity contribution in [3.8, 4) is 0 Å². The Morgan fingerprint density at radius 3 is 3.00 bits per heavy atom. The molecule has 0 fully saturated rings. The molecule has 88 valence electrons. The van der Waals surface area contributed by atoms with Gasteiger partial charge in [-0.25, -0.2) is 0 Å². The summed E-state index contributed by atoms with van der Waals surface area (Å²) < 4.78 is 0. The first-order chi connectivity index (χ1) is 8.11. The van der Waals surface area contributed by atoms with Crippen molar-refractivity contribution in [2.45, 2.75) is 12.8 Å². The molecule has 1 unspecified atom stereocenters. The molecule has 1 amide bonds. The van der Waals surface area contributed by atoms with Gasteiger partial charge < -0.3 is 5.32 Å². The van der Waals surface area contributed by atoms with Crippen LogP contribution in [0.1, 0.15) is 12.0 Å². The molecule has 1 atom stereocenters. The van der Waals surface area contributed by atoms with E-state index in [9.17, 15) is 14.9 Å². The van der Waals surface area contributed by atoms with Crippen molar-refractivity contribution < 1.29 is 9.72 Å². The number of carbonyl (C=O) groups excluding carboxylic acids is 1. The van der Waals surface area contributed by atoms with Gasteiger partial charge in [0.2, 0.25) is 5.91 Å². The second-order valence-corrected chi connectivity index (χ2v) is 4.01. The number of hydrogen-bond donors (Lipinski definition) is 1. The van der Waals surface area contributed by atoms with E-state index in [0.717, 1.165) is 5.56 Å². The Morgan fingerprint density at radius 2 is 2.35 bits per heavy atom. The highest BCUT2D eigenvalue weighted by atomic mass is 16.6. The Kier molecular flexibility index (Phi) is 2.91. The van der Waals surface area contributed by atoms with E-state index in [1.54, 1.807) is 12.1 Å². The first-order valence-corrected chi connectivity index (χ1v) is 5.31. The number of nitro groups is 1. The molecule has 1 aromatic rings. The van der Waals surface area contributed by atoms with Crippen molar-refractivity contribution in [1.29, 1.82) is 0 Å². The molecule has 1 aliphatic rings. The Hall–Kier alpha value is -2.17. The van der Waals surface area contributed by atoms with Gasteiger partial charge in [-0.3, -0.25) is 14.9 Å². The van der Waals surface area contributed by atoms with Crippen LogP contribution in [0.25, 0.3) is 0 Å². The minimum Gasteiger partial charge on any atom is -0.326 e. The second-order valence-electron chi connectivity index (χ2n) is 4.01. The molecule has 0 bridgehead atoms. The molecule has 1 heterocycles. The zero-order valence-electron chi connectivity index (χ0n) is 9.18. The fourth-order valence-electron chi connectivity index (χ4n) is 1.97. The van der Waals surface area contributed by atoms with Crippen molar-refractivity contribution in [2.75, 3.05) is 5.32 Å². The highest BCUT2D eigenvalue weighted by molar-refractivity contribution is 5.96. The van der Waals surface area contributed by atoms with Gasteiger partial charge in [0, 0.05) is 23.7 Å². The fraction of sp³-hybridized carbons (Fsp3) is 0.250. The number of nitrogens with zero attached hydrogens (tertiary/aromatic N) is 1. The van der Waals surface area contributed by atoms with Crippen molar-refractivity contribution in [2.24, 2.45) is 5.92 Å². The molecule has 5 heteroatoms. The third-order valence-corrected chi connectivity index (χ3v) is 2.85. The molecular weight excluding hydrogens is 220 g/mol. The summed E-state index contributed by atoms with van der Waals surface area (Å²) in [6, 6.07) is 4.49. The van der Waals surface area contributed by atoms with E-state index < -0.39 is 4.92 Å². The highest BCUT2D eigenvalue weighted by Gasteiger charge is 2.26. The summed E-state index contributed by atoms with van der Waals surface area (Å²) in [6.45, 7) is 3.60. The molecule has 0 radical (unpaired) electrons. The van der Waals surface area contributed by atoms with Crippen LogP contribution in [0.3, 0.4) is 0 Å². The number of fused-ring (bicyclic) bond motifs is 1. The average molecular weight is 232 g/mol. The van der Waals surface area contributed by atoms with Crippen LogP contribution in [-0.2, 0) is 11.2 Å². The molecule has 1 aliphatic heterocycles. The van der Waals surface area contributed by atoms with Gasteiger partial charge in [0.15, 0.2) is 0 Å². The van der Waals surface area contributed by atoms with Gasteiger partial charge in [-0.15, -0.1) is 6.58 Å². The van der Waals surface area contributed by atoms with Crippen LogP contribution in [-0.4, -0.2) is 10.8 Å². The summed E-state index contributed by atoms with van der Waals surface area (Å²) in [5.41, 5.74) is 1.53. The number of anilines is 1. The van der Waals surface area contributed by atoms with E-state index in [0.29, 0.717) is 18.5 Å². The van der Waals surface area contributed by atoms with Crippen LogP contribution in [0.5, 0.6) is 0 Å². The highest BCUT2D eigenvalue weighted by Crippen LogP contribution is 2.30. The summed E-state index contributed by atoms with van der Waals surface area (Å²) in [7, 11) is 0. The summed E-state index contributed by atoms with van der Waals surface area (Å²) in [4.78, 5) is 21.9. The molecule has 17 heavy (non-hydrogen) atoms. The van der Waals surface area contributed by atoms with Crippen molar-refractivity contribution in [3.63, 3.8) is 0 Å². The summed E-state index contributed by atoms with van der Waals surface area (Å²) in [6.07, 6.45) is 2.79. The van der Waals surface area contributed by atoms with Crippen molar-refractivity contribution in [1.82, 2.24) is 0 Å². The molecule has 2 rings (SSSR count). The standard InChI is InChI=1S/C12H12N2O3/c1-2-3-8-6-9-7-10(14(16)17)4-5-11(9)13-12(8)15/h2,4-5,7-8H,1,3,6H2,(H,13,15). The lowest BCUT2D eigenvalue weighted by molar-refractivity contribution is -0.384. The normalized spacial score (nSPS) is 18.1. The van der Waals surface area contributed by atoms with Crippen LogP contribution in [0.2, 0.25) is 0 Å². The van der Waals surface area contributed by atoms with E-state index in [-0.39, 0.29) is 17.5 Å². The smallest absolute Gasteiger partial charge is 0.269 e. The second kappa shape index (κ2) is 4.37. The monoisotopic (exact) mass is 232 g/mol. The van der Waals surface area contributed by atoms with E-state index in [2.05, 4.69) is 11.9 Å². The van der Waals surface area contributed by atoms with Gasteiger partial charge in [-0.2, -0.15) is 0 Å². The molecule has 0 saturated carbocycles. The molecule has 1 N–H and O–H groups in total. The minimum absolute atomic E-state index is 0.0498. The molecular formula is C12H12N2O3. The van der Waals surface area contributed by atoms with E-state index in [1.165, 1.54) is 12.1 Å². The van der Waals surface area contributed by atoms with Crippen LogP contribution < -0.4 is 5.32 Å². The van der Waals surface area contributed by atoms with Crippen LogP contribution in [0, 0.1) is 16.0 Å². The molecule has 1 aromatic carbocycles. The maximum absolute atomic E-state index is 11.7. The number of nitrogens with one attached hydrogen (secondary N) is 1. The quantitative estimate of drug-likeness (QED) is 0.493. The number of hydrogen-bond acceptors (Lipinski definition) is 3. The largest absolute Gasteiger partial charge is 0.326 e. The van der Waals surface area contributed by atoms with E-state index >= 15 is 0 Å². The predicted octanol–water partition coefficient (Wildman–Crippen LogP) is 2.28. The number of nitro benzene ring substituents is 1. The number of non-ortho nitro benzene ring substituents is 1. The molecule has 0 aromatic heterocycles.